The molecule has 6 aromatic rings. The lowest BCUT2D eigenvalue weighted by Crippen LogP contribution is -2.48. The molecule has 0 saturated heterocycles. The minimum absolute atomic E-state index is 0.149. The summed E-state index contributed by atoms with van der Waals surface area (Å²) in [5.74, 6) is 2.39. The number of rotatable bonds is 8. The minimum Gasteiger partial charge on any atom is -0.493 e. The predicted octanol–water partition coefficient (Wildman–Crippen LogP) is 31.6. The number of allylic oxidation sites excluding steroid dienone is 1. The molecule has 2 atom stereocenters. The van der Waals surface area contributed by atoms with Gasteiger partial charge in [-0.3, -0.25) is 0 Å². The van der Waals surface area contributed by atoms with E-state index in [-0.39, 0.29) is 32.6 Å². The molecule has 0 N–H and O–H groups in total. The number of aryl methyl sites for hydroxylation is 1. The van der Waals surface area contributed by atoms with Crippen molar-refractivity contribution in [2.75, 3.05) is 6.61 Å². The molecule has 94 heavy (non-hydrogen) atoms. The highest BCUT2D eigenvalue weighted by molar-refractivity contribution is 7.19. The molecule has 4 aromatic carbocycles. The summed E-state index contributed by atoms with van der Waals surface area (Å²) in [6.45, 7) is 96.5. The number of para-hydroxylation sites is 2. The standard InChI is InChI=1S/C21H34.C19H28O.C18H27N.C17H24S.8C2H6/c1-9-20(5,6)17-16-13-11-10-12-15(16)14-21(7,8)18(17)19(2,3)4;1-7-19(5,6)17-14-10-8-9-11-16(14)20-13-12-15(17)18(2,3)4;1-8-18(6,7)19-15-12-10-9-11-14(15)13(2)16(19)17(3,4)5;1-7-17(5,6)14-12-10-8-9-11-13(12)18-15(14)16(2,3)4;8*1-2/h10-13,17-18H,9,14H2,1-8H3;8-11H,7,12-13H2,1-6H3;9-12H,8H2,1-7H3;8-11H,7H2,1-6H3;8*1-2H3. The molecule has 0 bridgehead atoms. The highest BCUT2D eigenvalue weighted by atomic mass is 32.1. The number of hydrogen-bond donors (Lipinski definition) is 0. The van der Waals surface area contributed by atoms with E-state index in [9.17, 15) is 0 Å². The molecule has 2 unspecified atom stereocenters. The molecule has 2 nitrogen and oxygen atoms in total. The van der Waals surface area contributed by atoms with Crippen molar-refractivity contribution in [2.45, 2.75) is 364 Å². The van der Waals surface area contributed by atoms with Crippen LogP contribution in [0.1, 0.15) is 367 Å². The van der Waals surface area contributed by atoms with E-state index in [0.717, 1.165) is 31.6 Å². The first kappa shape index (κ1) is 96.3. The lowest BCUT2D eigenvalue weighted by atomic mass is 9.48. The maximum Gasteiger partial charge on any atom is 0.126 e. The molecule has 8 rings (SSSR count). The molecule has 1 aliphatic carbocycles. The molecule has 0 fully saturated rings. The number of aromatic nitrogens is 1. The molecule has 3 heterocycles. The number of nitrogens with zero attached hydrogens (tertiary/aromatic N) is 1. The first-order valence-electron chi connectivity index (χ1n) is 38.4. The third-order valence-electron chi connectivity index (χ3n) is 18.6. The Balaban J connectivity index is -0.000000535. The van der Waals surface area contributed by atoms with E-state index >= 15 is 0 Å². The van der Waals surface area contributed by atoms with E-state index in [1.807, 2.05) is 122 Å². The minimum atomic E-state index is 0.149. The topological polar surface area (TPSA) is 14.2 Å². The van der Waals surface area contributed by atoms with Gasteiger partial charge >= 0.3 is 0 Å². The summed E-state index contributed by atoms with van der Waals surface area (Å²) in [4.78, 5) is 1.55. The van der Waals surface area contributed by atoms with Crippen molar-refractivity contribution in [1.29, 1.82) is 0 Å². The van der Waals surface area contributed by atoms with Crippen LogP contribution in [0, 0.1) is 39.9 Å². The lowest BCUT2D eigenvalue weighted by Gasteiger charge is -2.56. The normalized spacial score (nSPS) is 14.9. The van der Waals surface area contributed by atoms with Crippen LogP contribution in [0.25, 0.3) is 26.6 Å². The van der Waals surface area contributed by atoms with E-state index in [1.165, 1.54) is 62.6 Å². The van der Waals surface area contributed by atoms with E-state index in [1.54, 1.807) is 27.1 Å². The van der Waals surface area contributed by atoms with Gasteiger partial charge in [0.25, 0.3) is 0 Å². The zero-order valence-electron chi connectivity index (χ0n) is 71.1. The fourth-order valence-corrected chi connectivity index (χ4v) is 15.0. The van der Waals surface area contributed by atoms with E-state index < -0.39 is 0 Å². The van der Waals surface area contributed by atoms with Gasteiger partial charge in [-0.25, -0.2) is 0 Å². The van der Waals surface area contributed by atoms with Gasteiger partial charge in [0.15, 0.2) is 0 Å². The Kier molecular flexibility index (Phi) is 44.4. The molecule has 2 aliphatic rings. The van der Waals surface area contributed by atoms with Gasteiger partial charge in [-0.1, -0.05) is 368 Å². The summed E-state index contributed by atoms with van der Waals surface area (Å²) in [5.41, 5.74) is 15.5. The number of hydrogen-bond acceptors (Lipinski definition) is 2. The van der Waals surface area contributed by atoms with Crippen LogP contribution < -0.4 is 4.74 Å². The summed E-state index contributed by atoms with van der Waals surface area (Å²) >= 11 is 1.97. The third kappa shape index (κ3) is 25.7. The average molecular weight is 1320 g/mol. The van der Waals surface area contributed by atoms with Crippen LogP contribution >= 0.6 is 11.3 Å². The second-order valence-electron chi connectivity index (χ2n) is 31.0. The summed E-state index contributed by atoms with van der Waals surface area (Å²) in [5, 5.41) is 2.85. The van der Waals surface area contributed by atoms with Crippen molar-refractivity contribution in [2.24, 2.45) is 33.0 Å². The van der Waals surface area contributed by atoms with Gasteiger partial charge in [-0.2, -0.15) is 0 Å². The number of benzene rings is 4. The fourth-order valence-electron chi connectivity index (χ4n) is 13.6. The second kappa shape index (κ2) is 43.3. The Morgan fingerprint density at radius 3 is 1.38 bits per heavy atom. The Morgan fingerprint density at radius 2 is 0.936 bits per heavy atom. The summed E-state index contributed by atoms with van der Waals surface area (Å²) in [6, 6.07) is 35.4. The monoisotopic (exact) mass is 1320 g/mol. The van der Waals surface area contributed by atoms with Crippen LogP contribution in [0.5, 0.6) is 5.75 Å². The highest BCUT2D eigenvalue weighted by Crippen LogP contribution is 2.60. The zero-order valence-corrected chi connectivity index (χ0v) is 71.9. The Morgan fingerprint density at radius 1 is 0.489 bits per heavy atom. The van der Waals surface area contributed by atoms with Crippen molar-refractivity contribution in [3.8, 4) is 5.75 Å². The SMILES string of the molecule is CC.CC.CC.CC.CC.CC.CC.CC.CCC(C)(C)C1=C(C(C)(C)C)CCOc2ccccc21.CCC(C)(C)C1c2ccccc2CC(C)(C)C1C(C)(C)C.CCC(C)(C)c1c(C(C)(C)C)sc2ccccc12.CCC(C)(C)n1c(C(C)(C)C)c(C)c2ccccc21. The van der Waals surface area contributed by atoms with Crippen LogP contribution in [0.2, 0.25) is 0 Å². The van der Waals surface area contributed by atoms with Crippen molar-refractivity contribution in [1.82, 2.24) is 4.57 Å². The van der Waals surface area contributed by atoms with Crippen LogP contribution in [0.15, 0.2) is 103 Å². The highest BCUT2D eigenvalue weighted by Gasteiger charge is 2.51. The van der Waals surface area contributed by atoms with Crippen molar-refractivity contribution < 1.29 is 4.74 Å². The Labute approximate surface area is 593 Å². The molecule has 0 amide bonds. The van der Waals surface area contributed by atoms with Gasteiger partial charge in [-0.15, -0.1) is 11.3 Å². The van der Waals surface area contributed by atoms with E-state index in [2.05, 4.69) is 289 Å². The smallest absolute Gasteiger partial charge is 0.126 e. The van der Waals surface area contributed by atoms with Crippen LogP contribution in [0.4, 0.5) is 0 Å². The Bertz CT molecular complexity index is 2980. The second-order valence-corrected chi connectivity index (χ2v) is 32.0. The van der Waals surface area contributed by atoms with Crippen LogP contribution in [-0.4, -0.2) is 11.2 Å². The first-order chi connectivity index (χ1) is 43.7. The summed E-state index contributed by atoms with van der Waals surface area (Å²) in [7, 11) is 0. The van der Waals surface area contributed by atoms with Gasteiger partial charge in [0.2, 0.25) is 0 Å². The molecule has 0 spiro atoms. The fraction of sp³-hybridized carbons (Fsp3) is 0.670. The predicted molar refractivity (Wildman–Crippen MR) is 440 cm³/mol. The molecular formula is C91H161NOS. The maximum absolute atomic E-state index is 6.00. The van der Waals surface area contributed by atoms with Gasteiger partial charge in [0, 0.05) is 49.1 Å². The maximum atomic E-state index is 6.00. The van der Waals surface area contributed by atoms with Crippen LogP contribution in [0.3, 0.4) is 0 Å². The van der Waals surface area contributed by atoms with Crippen molar-refractivity contribution in [3.05, 3.63) is 141 Å². The average Bonchev–Trinajstić information content (AvgIpc) is 0.897. The van der Waals surface area contributed by atoms with Gasteiger partial charge in [0.05, 0.1) is 6.61 Å². The first-order valence-corrected chi connectivity index (χ1v) is 39.2. The molecular weight excluding hydrogens is 1160 g/mol. The molecule has 3 heteroatoms. The summed E-state index contributed by atoms with van der Waals surface area (Å²) < 4.78 is 10.00. The van der Waals surface area contributed by atoms with Crippen LogP contribution in [-0.2, 0) is 28.2 Å². The molecule has 0 saturated carbocycles. The lowest BCUT2D eigenvalue weighted by molar-refractivity contribution is 0.00263. The summed E-state index contributed by atoms with van der Waals surface area (Å²) in [6.07, 6.45) is 6.91. The third-order valence-corrected chi connectivity index (χ3v) is 20.2. The van der Waals surface area contributed by atoms with Crippen molar-refractivity contribution >= 4 is 37.9 Å². The van der Waals surface area contributed by atoms with E-state index in [0.29, 0.717) is 28.1 Å². The molecule has 1 aliphatic heterocycles. The van der Waals surface area contributed by atoms with E-state index in [4.69, 9.17) is 4.74 Å². The quantitative estimate of drug-likeness (QED) is 0.148. The van der Waals surface area contributed by atoms with Crippen molar-refractivity contribution in [3.63, 3.8) is 0 Å². The molecule has 542 valence electrons. The largest absolute Gasteiger partial charge is 0.493 e. The number of ether oxygens (including phenoxy) is 1. The number of fused-ring (bicyclic) bond motifs is 4. The zero-order chi connectivity index (χ0) is 75.0. The Hall–Kier alpha value is -4.08. The number of thiophene rings is 1. The van der Waals surface area contributed by atoms with Gasteiger partial charge in [-0.05, 0) is 148 Å². The van der Waals surface area contributed by atoms with Gasteiger partial charge in [0.1, 0.15) is 5.75 Å². The van der Waals surface area contributed by atoms with Gasteiger partial charge < -0.3 is 9.30 Å². The molecule has 2 aromatic heterocycles. The molecule has 0 radical (unpaired) electrons.